The Morgan fingerprint density at radius 3 is 2.67 bits per heavy atom. The van der Waals surface area contributed by atoms with Crippen LogP contribution in [0.5, 0.6) is 0 Å². The van der Waals surface area contributed by atoms with Gasteiger partial charge in [0, 0.05) is 14.1 Å². The number of anilines is 2. The molecule has 0 radical (unpaired) electrons. The molecular weight excluding hydrogens is 385 g/mol. The van der Waals surface area contributed by atoms with E-state index in [9.17, 15) is 4.79 Å². The van der Waals surface area contributed by atoms with E-state index < -0.39 is 11.7 Å². The summed E-state index contributed by atoms with van der Waals surface area (Å²) in [6, 6.07) is 0. The molecule has 2 N–H and O–H groups in total. The number of nitrogen functional groups attached to an aromatic ring is 1. The zero-order valence-corrected chi connectivity index (χ0v) is 14.8. The van der Waals surface area contributed by atoms with Gasteiger partial charge in [0.05, 0.1) is 15.4 Å². The second-order valence-corrected chi connectivity index (χ2v) is 6.81. The molecule has 0 spiro atoms. The van der Waals surface area contributed by atoms with Crippen LogP contribution in [0.4, 0.5) is 16.4 Å². The van der Waals surface area contributed by atoms with Crippen LogP contribution in [0.3, 0.4) is 0 Å². The van der Waals surface area contributed by atoms with Crippen LogP contribution in [-0.4, -0.2) is 33.3 Å². The number of aromatic nitrogens is 3. The second-order valence-electron chi connectivity index (χ2n) is 5.73. The van der Waals surface area contributed by atoms with Crippen molar-refractivity contribution in [3.05, 3.63) is 9.90 Å². The highest BCUT2D eigenvalue weighted by molar-refractivity contribution is 14.1. The van der Waals surface area contributed by atoms with Crippen molar-refractivity contribution in [3.8, 4) is 0 Å². The number of fused-ring (bicyclic) bond motifs is 1. The lowest BCUT2D eigenvalue weighted by Crippen LogP contribution is -2.34. The molecule has 0 saturated carbocycles. The predicted octanol–water partition coefficient (Wildman–Crippen LogP) is 2.53. The van der Waals surface area contributed by atoms with Crippen molar-refractivity contribution < 1.29 is 9.53 Å². The SMILES string of the molecule is CN(C(=O)OC(C)(C)C)c1nc(N)c(I)c2c1ncn2C. The van der Waals surface area contributed by atoms with Gasteiger partial charge in [-0.05, 0) is 43.4 Å². The van der Waals surface area contributed by atoms with E-state index >= 15 is 0 Å². The van der Waals surface area contributed by atoms with Gasteiger partial charge >= 0.3 is 6.09 Å². The quantitative estimate of drug-likeness (QED) is 0.740. The number of imidazole rings is 1. The highest BCUT2D eigenvalue weighted by Crippen LogP contribution is 2.30. The van der Waals surface area contributed by atoms with E-state index in [1.54, 1.807) is 13.4 Å². The first kappa shape index (κ1) is 15.8. The maximum Gasteiger partial charge on any atom is 0.415 e. The van der Waals surface area contributed by atoms with E-state index in [4.69, 9.17) is 10.5 Å². The Morgan fingerprint density at radius 1 is 1.48 bits per heavy atom. The third-order valence-electron chi connectivity index (χ3n) is 2.79. The normalized spacial score (nSPS) is 11.7. The average molecular weight is 403 g/mol. The Balaban J connectivity index is 2.52. The van der Waals surface area contributed by atoms with Gasteiger partial charge in [0.2, 0.25) is 0 Å². The molecule has 2 heterocycles. The van der Waals surface area contributed by atoms with Gasteiger partial charge in [0.15, 0.2) is 5.82 Å². The number of nitrogens with two attached hydrogens (primary N) is 1. The molecule has 21 heavy (non-hydrogen) atoms. The number of carbonyl (C=O) groups is 1. The van der Waals surface area contributed by atoms with Crippen molar-refractivity contribution in [3.63, 3.8) is 0 Å². The monoisotopic (exact) mass is 403 g/mol. The molecule has 2 aromatic rings. The zero-order chi connectivity index (χ0) is 15.9. The van der Waals surface area contributed by atoms with Crippen molar-refractivity contribution in [2.24, 2.45) is 7.05 Å². The minimum Gasteiger partial charge on any atom is -0.443 e. The molecule has 7 nitrogen and oxygen atoms in total. The summed E-state index contributed by atoms with van der Waals surface area (Å²) in [5, 5.41) is 0. The first-order chi connectivity index (χ1) is 9.61. The molecule has 0 aliphatic carbocycles. The molecule has 0 unspecified atom stereocenters. The van der Waals surface area contributed by atoms with Crippen LogP contribution in [0, 0.1) is 3.57 Å². The summed E-state index contributed by atoms with van der Waals surface area (Å²) in [5.41, 5.74) is 6.82. The fraction of sp³-hybridized carbons (Fsp3) is 0.462. The van der Waals surface area contributed by atoms with E-state index in [-0.39, 0.29) is 0 Å². The van der Waals surface area contributed by atoms with E-state index in [1.807, 2.05) is 32.4 Å². The fourth-order valence-electron chi connectivity index (χ4n) is 1.84. The van der Waals surface area contributed by atoms with Crippen LogP contribution in [-0.2, 0) is 11.8 Å². The zero-order valence-electron chi connectivity index (χ0n) is 12.6. The predicted molar refractivity (Wildman–Crippen MR) is 90.3 cm³/mol. The lowest BCUT2D eigenvalue weighted by atomic mass is 10.2. The lowest BCUT2D eigenvalue weighted by Gasteiger charge is -2.24. The molecule has 0 bridgehead atoms. The Bertz CT molecular complexity index is 705. The summed E-state index contributed by atoms with van der Waals surface area (Å²) >= 11 is 2.12. The van der Waals surface area contributed by atoms with E-state index in [2.05, 4.69) is 32.6 Å². The van der Waals surface area contributed by atoms with Gasteiger partial charge in [0.1, 0.15) is 16.9 Å². The summed E-state index contributed by atoms with van der Waals surface area (Å²) in [6.45, 7) is 5.43. The van der Waals surface area contributed by atoms with Gasteiger partial charge < -0.3 is 15.0 Å². The number of amides is 1. The third kappa shape index (κ3) is 3.04. The van der Waals surface area contributed by atoms with Gasteiger partial charge in [-0.15, -0.1) is 0 Å². The highest BCUT2D eigenvalue weighted by atomic mass is 127. The molecule has 1 amide bonds. The van der Waals surface area contributed by atoms with Crippen molar-refractivity contribution in [1.29, 1.82) is 0 Å². The Kier molecular flexibility index (Phi) is 4.00. The van der Waals surface area contributed by atoms with Crippen molar-refractivity contribution in [1.82, 2.24) is 14.5 Å². The van der Waals surface area contributed by atoms with Crippen LogP contribution in [0.1, 0.15) is 20.8 Å². The van der Waals surface area contributed by atoms with E-state index in [1.165, 1.54) is 4.90 Å². The fourth-order valence-corrected chi connectivity index (χ4v) is 2.60. The summed E-state index contributed by atoms with van der Waals surface area (Å²) in [6.07, 6.45) is 1.17. The molecular formula is C13H18IN5O2. The van der Waals surface area contributed by atoms with Crippen LogP contribution in [0.25, 0.3) is 11.0 Å². The van der Waals surface area contributed by atoms with Crippen LogP contribution in [0.2, 0.25) is 0 Å². The number of nitrogens with zero attached hydrogens (tertiary/aromatic N) is 4. The van der Waals surface area contributed by atoms with Crippen LogP contribution >= 0.6 is 22.6 Å². The number of hydrogen-bond donors (Lipinski definition) is 1. The number of aryl methyl sites for hydroxylation is 1. The van der Waals surface area contributed by atoms with Gasteiger partial charge in [-0.25, -0.2) is 14.8 Å². The summed E-state index contributed by atoms with van der Waals surface area (Å²) in [5.74, 6) is 0.745. The number of halogens is 1. The molecule has 0 atom stereocenters. The number of pyridine rings is 1. The highest BCUT2D eigenvalue weighted by Gasteiger charge is 2.25. The molecule has 0 aromatic carbocycles. The maximum absolute atomic E-state index is 12.2. The molecule has 114 valence electrons. The molecule has 8 heteroatoms. The van der Waals surface area contributed by atoms with Crippen molar-refractivity contribution in [2.45, 2.75) is 26.4 Å². The van der Waals surface area contributed by atoms with E-state index in [0.717, 1.165) is 9.09 Å². The summed E-state index contributed by atoms with van der Waals surface area (Å²) in [4.78, 5) is 22.1. The number of carbonyl (C=O) groups excluding carboxylic acids is 1. The van der Waals surface area contributed by atoms with Gasteiger partial charge in [-0.2, -0.15) is 0 Å². The largest absolute Gasteiger partial charge is 0.443 e. The van der Waals surface area contributed by atoms with Gasteiger partial charge in [-0.3, -0.25) is 4.90 Å². The average Bonchev–Trinajstić information content (AvgIpc) is 2.73. The first-order valence-corrected chi connectivity index (χ1v) is 7.42. The summed E-state index contributed by atoms with van der Waals surface area (Å²) in [7, 11) is 3.46. The number of rotatable bonds is 1. The molecule has 0 aliphatic rings. The lowest BCUT2D eigenvalue weighted by molar-refractivity contribution is 0.0588. The smallest absolute Gasteiger partial charge is 0.415 e. The molecule has 0 fully saturated rings. The first-order valence-electron chi connectivity index (χ1n) is 6.34. The Hall–Kier alpha value is -1.58. The Morgan fingerprint density at radius 2 is 2.10 bits per heavy atom. The minimum atomic E-state index is -0.580. The van der Waals surface area contributed by atoms with Gasteiger partial charge in [-0.1, -0.05) is 0 Å². The van der Waals surface area contributed by atoms with Crippen LogP contribution < -0.4 is 10.6 Å². The van der Waals surface area contributed by atoms with Gasteiger partial charge in [0.25, 0.3) is 0 Å². The molecule has 2 rings (SSSR count). The number of ether oxygens (including phenoxy) is 1. The third-order valence-corrected chi connectivity index (χ3v) is 3.86. The molecule has 0 saturated heterocycles. The molecule has 2 aromatic heterocycles. The topological polar surface area (TPSA) is 86.3 Å². The van der Waals surface area contributed by atoms with Crippen molar-refractivity contribution >= 4 is 51.4 Å². The van der Waals surface area contributed by atoms with E-state index in [0.29, 0.717) is 17.2 Å². The maximum atomic E-state index is 12.2. The van der Waals surface area contributed by atoms with Crippen LogP contribution in [0.15, 0.2) is 6.33 Å². The van der Waals surface area contributed by atoms with Crippen molar-refractivity contribution in [2.75, 3.05) is 17.7 Å². The molecule has 0 aliphatic heterocycles. The number of hydrogen-bond acceptors (Lipinski definition) is 5. The standard InChI is InChI=1S/C13H18IN5O2/c1-13(2,3)21-12(20)19(5)11-8-9(18(4)6-16-8)7(14)10(15)17-11/h6H,1-5H3,(H2,15,17). The summed E-state index contributed by atoms with van der Waals surface area (Å²) < 4.78 is 8.01. The minimum absolute atomic E-state index is 0.358. The second kappa shape index (κ2) is 5.32. The Labute approximate surface area is 136 Å².